The van der Waals surface area contributed by atoms with Crippen molar-refractivity contribution in [1.82, 2.24) is 15.0 Å². The molecule has 0 aliphatic carbocycles. The first-order valence-electron chi connectivity index (χ1n) is 8.72. The zero-order valence-corrected chi connectivity index (χ0v) is 14.3. The fraction of sp³-hybridized carbons (Fsp3) is 0.136. The molecule has 0 aliphatic heterocycles. The molecule has 0 fully saturated rings. The van der Waals surface area contributed by atoms with Crippen LogP contribution in [0.3, 0.4) is 0 Å². The van der Waals surface area contributed by atoms with Gasteiger partial charge in [-0.1, -0.05) is 78.0 Å². The molecule has 1 atom stereocenters. The smallest absolute Gasteiger partial charge is 0.162 e. The lowest BCUT2D eigenvalue weighted by Gasteiger charge is -2.17. The number of rotatable bonds is 6. The Balaban J connectivity index is 1.70. The summed E-state index contributed by atoms with van der Waals surface area (Å²) in [5.41, 5.74) is 3.81. The first-order chi connectivity index (χ1) is 12.8. The average molecular weight is 341 g/mol. The van der Waals surface area contributed by atoms with Crippen molar-refractivity contribution in [1.29, 1.82) is 0 Å². The maximum Gasteiger partial charge on any atom is 0.162 e. The second-order valence-corrected chi connectivity index (χ2v) is 6.36. The minimum atomic E-state index is -0.384. The number of nitrogens with zero attached hydrogens (tertiary/aromatic N) is 3. The van der Waals surface area contributed by atoms with E-state index in [1.165, 1.54) is 0 Å². The SMILES string of the molecule is O=C(Cc1ccccc1)C(Cc1ccccc1)n1nnc2ccccc21. The molecule has 4 heteroatoms. The van der Waals surface area contributed by atoms with Gasteiger partial charge in [0.05, 0.1) is 5.52 Å². The quantitative estimate of drug-likeness (QED) is 0.532. The second-order valence-electron chi connectivity index (χ2n) is 6.36. The number of para-hydroxylation sites is 1. The maximum atomic E-state index is 13.2. The van der Waals surface area contributed by atoms with Crippen molar-refractivity contribution in [3.05, 3.63) is 96.1 Å². The van der Waals surface area contributed by atoms with Gasteiger partial charge in [0.25, 0.3) is 0 Å². The maximum absolute atomic E-state index is 13.2. The van der Waals surface area contributed by atoms with Crippen LogP contribution in [-0.4, -0.2) is 20.8 Å². The van der Waals surface area contributed by atoms with Gasteiger partial charge < -0.3 is 0 Å². The van der Waals surface area contributed by atoms with Crippen LogP contribution in [0.2, 0.25) is 0 Å². The Labute approximate surface area is 152 Å². The molecule has 0 bridgehead atoms. The molecule has 4 nitrogen and oxygen atoms in total. The molecule has 128 valence electrons. The number of carbonyl (C=O) groups excluding carboxylic acids is 1. The van der Waals surface area contributed by atoms with Gasteiger partial charge >= 0.3 is 0 Å². The summed E-state index contributed by atoms with van der Waals surface area (Å²) in [6.45, 7) is 0. The molecule has 3 aromatic carbocycles. The van der Waals surface area contributed by atoms with Crippen molar-refractivity contribution in [3.8, 4) is 0 Å². The van der Waals surface area contributed by atoms with Crippen LogP contribution in [0.15, 0.2) is 84.9 Å². The lowest BCUT2D eigenvalue weighted by atomic mass is 9.97. The third-order valence-corrected chi connectivity index (χ3v) is 4.54. The third kappa shape index (κ3) is 3.40. The Kier molecular flexibility index (Phi) is 4.56. The molecule has 26 heavy (non-hydrogen) atoms. The van der Waals surface area contributed by atoms with Crippen molar-refractivity contribution in [3.63, 3.8) is 0 Å². The van der Waals surface area contributed by atoms with Crippen LogP contribution in [0.1, 0.15) is 17.2 Å². The highest BCUT2D eigenvalue weighted by molar-refractivity contribution is 5.87. The number of aromatic nitrogens is 3. The highest BCUT2D eigenvalue weighted by Crippen LogP contribution is 2.22. The van der Waals surface area contributed by atoms with E-state index >= 15 is 0 Å². The van der Waals surface area contributed by atoms with Crippen LogP contribution in [-0.2, 0) is 17.6 Å². The first-order valence-corrected chi connectivity index (χ1v) is 8.72. The Morgan fingerprint density at radius 1 is 0.808 bits per heavy atom. The summed E-state index contributed by atoms with van der Waals surface area (Å²) in [6, 6.07) is 27.3. The van der Waals surface area contributed by atoms with E-state index in [4.69, 9.17) is 0 Å². The van der Waals surface area contributed by atoms with Crippen LogP contribution in [0.4, 0.5) is 0 Å². The van der Waals surface area contributed by atoms with E-state index in [0.29, 0.717) is 12.8 Å². The number of fused-ring (bicyclic) bond motifs is 1. The minimum absolute atomic E-state index is 0.135. The Hall–Kier alpha value is -3.27. The van der Waals surface area contributed by atoms with Gasteiger partial charge in [-0.15, -0.1) is 5.10 Å². The monoisotopic (exact) mass is 341 g/mol. The molecule has 0 amide bonds. The largest absolute Gasteiger partial charge is 0.297 e. The van der Waals surface area contributed by atoms with Gasteiger partial charge in [0.1, 0.15) is 11.6 Å². The van der Waals surface area contributed by atoms with Gasteiger partial charge in [-0.25, -0.2) is 4.68 Å². The Morgan fingerprint density at radius 2 is 1.42 bits per heavy atom. The summed E-state index contributed by atoms with van der Waals surface area (Å²) in [4.78, 5) is 13.2. The van der Waals surface area contributed by atoms with Crippen molar-refractivity contribution in [2.75, 3.05) is 0 Å². The van der Waals surface area contributed by atoms with E-state index < -0.39 is 0 Å². The van der Waals surface area contributed by atoms with Gasteiger partial charge in [0, 0.05) is 12.8 Å². The van der Waals surface area contributed by atoms with Crippen molar-refractivity contribution in [2.45, 2.75) is 18.9 Å². The average Bonchev–Trinajstić information content (AvgIpc) is 3.11. The van der Waals surface area contributed by atoms with Crippen molar-refractivity contribution in [2.24, 2.45) is 0 Å². The van der Waals surface area contributed by atoms with Gasteiger partial charge in [-0.05, 0) is 23.3 Å². The predicted molar refractivity (Wildman–Crippen MR) is 102 cm³/mol. The molecule has 0 N–H and O–H groups in total. The fourth-order valence-electron chi connectivity index (χ4n) is 3.21. The summed E-state index contributed by atoms with van der Waals surface area (Å²) in [6.07, 6.45) is 0.979. The second kappa shape index (κ2) is 7.31. The van der Waals surface area contributed by atoms with E-state index in [-0.39, 0.29) is 11.8 Å². The number of ketones is 1. The van der Waals surface area contributed by atoms with Crippen LogP contribution in [0.5, 0.6) is 0 Å². The summed E-state index contributed by atoms with van der Waals surface area (Å²) in [7, 11) is 0. The van der Waals surface area contributed by atoms with Crippen molar-refractivity contribution >= 4 is 16.8 Å². The molecule has 1 aromatic heterocycles. The summed E-state index contributed by atoms with van der Waals surface area (Å²) in [5.74, 6) is 0.135. The molecular weight excluding hydrogens is 322 g/mol. The van der Waals surface area contributed by atoms with Gasteiger partial charge in [0.2, 0.25) is 0 Å². The highest BCUT2D eigenvalue weighted by Gasteiger charge is 2.24. The van der Waals surface area contributed by atoms with Gasteiger partial charge in [-0.2, -0.15) is 0 Å². The minimum Gasteiger partial charge on any atom is -0.297 e. The lowest BCUT2D eigenvalue weighted by molar-refractivity contribution is -0.121. The van der Waals surface area contributed by atoms with Gasteiger partial charge in [-0.3, -0.25) is 4.79 Å². The molecule has 0 saturated heterocycles. The molecule has 4 rings (SSSR count). The summed E-state index contributed by atoms with van der Waals surface area (Å²) in [5, 5.41) is 8.53. The third-order valence-electron chi connectivity index (χ3n) is 4.54. The normalized spacial score (nSPS) is 12.2. The zero-order valence-electron chi connectivity index (χ0n) is 14.3. The standard InChI is InChI=1S/C22H19N3O/c26-22(16-18-11-5-2-6-12-18)21(15-17-9-3-1-4-10-17)25-20-14-8-7-13-19(20)23-24-25/h1-14,21H,15-16H2. The molecule has 4 aromatic rings. The van der Waals surface area contributed by atoms with E-state index in [2.05, 4.69) is 10.3 Å². The topological polar surface area (TPSA) is 47.8 Å². The summed E-state index contributed by atoms with van der Waals surface area (Å²) < 4.78 is 1.77. The fourth-order valence-corrected chi connectivity index (χ4v) is 3.21. The van der Waals surface area contributed by atoms with Crippen LogP contribution < -0.4 is 0 Å². The first kappa shape index (κ1) is 16.2. The molecule has 0 saturated carbocycles. The molecule has 0 spiro atoms. The predicted octanol–water partition coefficient (Wildman–Crippen LogP) is 4.03. The number of benzene rings is 3. The Morgan fingerprint density at radius 3 is 2.15 bits per heavy atom. The highest BCUT2D eigenvalue weighted by atomic mass is 16.1. The number of hydrogen-bond acceptors (Lipinski definition) is 3. The lowest BCUT2D eigenvalue weighted by Crippen LogP contribution is -2.24. The molecule has 0 aliphatic rings. The van der Waals surface area contributed by atoms with E-state index in [1.807, 2.05) is 84.9 Å². The number of Topliss-reactive ketones (excluding diaryl/α,β-unsaturated/α-hetero) is 1. The van der Waals surface area contributed by atoms with Crippen LogP contribution >= 0.6 is 0 Å². The molecule has 1 unspecified atom stereocenters. The Bertz CT molecular complexity index is 1010. The number of carbonyl (C=O) groups is 1. The van der Waals surface area contributed by atoms with Gasteiger partial charge in [0.15, 0.2) is 5.78 Å². The van der Waals surface area contributed by atoms with E-state index in [1.54, 1.807) is 4.68 Å². The molecular formula is C22H19N3O. The van der Waals surface area contributed by atoms with E-state index in [9.17, 15) is 4.79 Å². The molecule has 1 heterocycles. The summed E-state index contributed by atoms with van der Waals surface area (Å²) >= 11 is 0. The van der Waals surface area contributed by atoms with E-state index in [0.717, 1.165) is 22.2 Å². The van der Waals surface area contributed by atoms with Crippen LogP contribution in [0, 0.1) is 0 Å². The van der Waals surface area contributed by atoms with Crippen molar-refractivity contribution < 1.29 is 4.79 Å². The number of hydrogen-bond donors (Lipinski definition) is 0. The molecule has 0 radical (unpaired) electrons. The zero-order chi connectivity index (χ0) is 17.8. The van der Waals surface area contributed by atoms with Crippen LogP contribution in [0.25, 0.3) is 11.0 Å².